The molecule has 0 aliphatic heterocycles. The van der Waals surface area contributed by atoms with Gasteiger partial charge >= 0.3 is 0 Å². The van der Waals surface area contributed by atoms with E-state index in [9.17, 15) is 27.5 Å². The fourth-order valence-corrected chi connectivity index (χ4v) is 7.12. The van der Waals surface area contributed by atoms with E-state index in [1.807, 2.05) is 32.0 Å². The number of nitrogens with one attached hydrogen (secondary N) is 1. The molecule has 10 heteroatoms. The van der Waals surface area contributed by atoms with Crippen LogP contribution in [0.15, 0.2) is 64.7 Å². The van der Waals surface area contributed by atoms with Gasteiger partial charge in [-0.05, 0) is 78.0 Å². The highest BCUT2D eigenvalue weighted by Crippen LogP contribution is 2.53. The Morgan fingerprint density at radius 1 is 1.16 bits per heavy atom. The summed E-state index contributed by atoms with van der Waals surface area (Å²) in [6.45, 7) is 15.0. The molecule has 2 N–H and O–H groups in total. The maximum Gasteiger partial charge on any atom is 0.273 e. The quantitative estimate of drug-likeness (QED) is 0.0446. The molecular weight excluding hydrogens is 663 g/mol. The lowest BCUT2D eigenvalue weighted by molar-refractivity contribution is -0.227. The van der Waals surface area contributed by atoms with Gasteiger partial charge in [-0.1, -0.05) is 96.7 Å². The predicted octanol–water partition coefficient (Wildman–Crippen LogP) is 10.8. The number of hydrogen-bond donors (Lipinski definition) is 3. The smallest absolute Gasteiger partial charge is 0.273 e. The fourth-order valence-electron chi connectivity index (χ4n) is 6.83. The van der Waals surface area contributed by atoms with Crippen molar-refractivity contribution in [1.29, 1.82) is 0 Å². The summed E-state index contributed by atoms with van der Waals surface area (Å²) in [7, 11) is 0. The van der Waals surface area contributed by atoms with Crippen LogP contribution in [0.4, 0.5) is 23.2 Å². The number of aliphatic imine (C=N–C) groups is 2. The number of allylic oxidation sites excluding steroid dienone is 2. The summed E-state index contributed by atoms with van der Waals surface area (Å²) in [5.41, 5.74) is 3.31. The van der Waals surface area contributed by atoms with E-state index in [0.717, 1.165) is 66.5 Å². The van der Waals surface area contributed by atoms with E-state index in [0.29, 0.717) is 35.7 Å². The van der Waals surface area contributed by atoms with Crippen LogP contribution < -0.4 is 4.72 Å². The second-order valence-electron chi connectivity index (χ2n) is 14.0. The summed E-state index contributed by atoms with van der Waals surface area (Å²) in [6.07, 6.45) is 6.25. The van der Waals surface area contributed by atoms with Crippen molar-refractivity contribution in [2.24, 2.45) is 15.9 Å². The third-order valence-corrected chi connectivity index (χ3v) is 10.3. The van der Waals surface area contributed by atoms with Gasteiger partial charge in [0.2, 0.25) is 6.43 Å². The molecule has 0 heterocycles. The van der Waals surface area contributed by atoms with E-state index in [1.54, 1.807) is 24.4 Å². The Kier molecular flexibility index (Phi) is 14.8. The van der Waals surface area contributed by atoms with Crippen LogP contribution in [-0.2, 0) is 6.42 Å². The van der Waals surface area contributed by atoms with Gasteiger partial charge in [-0.15, -0.1) is 0 Å². The number of carbonyl (C=O) groups is 1. The molecule has 0 aromatic heterocycles. The van der Waals surface area contributed by atoms with E-state index in [-0.39, 0.29) is 31.1 Å². The largest absolute Gasteiger partial charge is 0.383 e. The van der Waals surface area contributed by atoms with Crippen molar-refractivity contribution in [2.45, 2.75) is 129 Å². The Labute approximate surface area is 301 Å². The number of thiol groups is 1. The molecule has 0 amide bonds. The van der Waals surface area contributed by atoms with Gasteiger partial charge < -0.3 is 5.11 Å². The van der Waals surface area contributed by atoms with Gasteiger partial charge in [0.05, 0.1) is 16.9 Å². The molecule has 274 valence electrons. The van der Waals surface area contributed by atoms with Crippen LogP contribution in [0.5, 0.6) is 0 Å². The third-order valence-electron chi connectivity index (χ3n) is 9.85. The lowest BCUT2D eigenvalue weighted by atomic mass is 9.61. The van der Waals surface area contributed by atoms with E-state index >= 15 is 0 Å². The SMILES string of the molecule is C=C(N=C/C(=C\CCCC)c1ccc(N=C(CCC)C(C)CC(C)c2c(C=O)cccc2CC(F)F)c(C)c1)C1(NS)CC(O)(C(C)(F)F)C1. The number of aliphatic hydroxyl groups is 1. The molecule has 1 saturated carbocycles. The lowest BCUT2D eigenvalue weighted by Gasteiger charge is -2.54. The number of aryl methyl sites for hydroxylation is 1. The molecule has 0 bridgehead atoms. The number of alkyl halides is 4. The van der Waals surface area contributed by atoms with Crippen molar-refractivity contribution in [3.8, 4) is 0 Å². The molecular formula is C40H53F4N3O2S. The summed E-state index contributed by atoms with van der Waals surface area (Å²) in [4.78, 5) is 21.5. The van der Waals surface area contributed by atoms with Gasteiger partial charge in [-0.25, -0.2) is 17.6 Å². The highest BCUT2D eigenvalue weighted by molar-refractivity contribution is 7.78. The molecule has 0 saturated heterocycles. The highest BCUT2D eigenvalue weighted by Gasteiger charge is 2.65. The van der Waals surface area contributed by atoms with E-state index in [1.165, 1.54) is 0 Å². The minimum absolute atomic E-state index is 0.0374. The maximum absolute atomic E-state index is 14.0. The van der Waals surface area contributed by atoms with E-state index < -0.39 is 23.5 Å². The summed E-state index contributed by atoms with van der Waals surface area (Å²) in [5, 5.41) is 10.4. The minimum atomic E-state index is -3.27. The summed E-state index contributed by atoms with van der Waals surface area (Å²) >= 11 is 4.16. The Balaban J connectivity index is 1.88. The second-order valence-corrected chi connectivity index (χ2v) is 14.2. The summed E-state index contributed by atoms with van der Waals surface area (Å²) < 4.78 is 57.6. The Morgan fingerprint density at radius 2 is 1.86 bits per heavy atom. The molecule has 2 atom stereocenters. The van der Waals surface area contributed by atoms with Crippen LogP contribution in [0, 0.1) is 12.8 Å². The average Bonchev–Trinajstić information content (AvgIpc) is 3.04. The number of carbonyl (C=O) groups excluding carboxylic acids is 1. The Hall–Kier alpha value is -3.08. The minimum Gasteiger partial charge on any atom is -0.383 e. The molecule has 0 spiro atoms. The van der Waals surface area contributed by atoms with Crippen LogP contribution in [-0.4, -0.2) is 46.8 Å². The third kappa shape index (κ3) is 10.0. The number of nitrogens with zero attached hydrogens (tertiary/aromatic N) is 2. The van der Waals surface area contributed by atoms with Crippen molar-refractivity contribution in [3.05, 3.63) is 82.6 Å². The van der Waals surface area contributed by atoms with Crippen LogP contribution in [0.1, 0.15) is 125 Å². The van der Waals surface area contributed by atoms with Gasteiger partial charge in [-0.3, -0.25) is 19.5 Å². The molecule has 2 aromatic carbocycles. The van der Waals surface area contributed by atoms with Crippen molar-refractivity contribution < 1.29 is 27.5 Å². The average molecular weight is 716 g/mol. The van der Waals surface area contributed by atoms with Crippen LogP contribution in [0.2, 0.25) is 0 Å². The molecule has 2 aromatic rings. The number of unbranched alkanes of at least 4 members (excludes halogenated alkanes) is 2. The van der Waals surface area contributed by atoms with Crippen molar-refractivity contribution in [1.82, 2.24) is 4.72 Å². The first kappa shape index (κ1) is 41.3. The lowest BCUT2D eigenvalue weighted by Crippen LogP contribution is -2.68. The molecule has 2 unspecified atom stereocenters. The fraction of sp³-hybridized carbons (Fsp3) is 0.525. The Bertz CT molecular complexity index is 1570. The Morgan fingerprint density at radius 3 is 2.42 bits per heavy atom. The van der Waals surface area contributed by atoms with Gasteiger partial charge in [0.1, 0.15) is 11.9 Å². The molecule has 1 fully saturated rings. The zero-order valence-electron chi connectivity index (χ0n) is 30.2. The monoisotopic (exact) mass is 715 g/mol. The van der Waals surface area contributed by atoms with E-state index in [2.05, 4.69) is 56.0 Å². The normalized spacial score (nSPS) is 21.4. The molecule has 1 aliphatic carbocycles. The van der Waals surface area contributed by atoms with E-state index in [4.69, 9.17) is 4.99 Å². The van der Waals surface area contributed by atoms with Crippen LogP contribution >= 0.6 is 12.8 Å². The predicted molar refractivity (Wildman–Crippen MR) is 202 cm³/mol. The number of aldehydes is 1. The maximum atomic E-state index is 14.0. The molecule has 3 rings (SSSR count). The zero-order valence-corrected chi connectivity index (χ0v) is 31.1. The number of rotatable bonds is 19. The number of halogens is 4. The van der Waals surface area contributed by atoms with Crippen molar-refractivity contribution in [3.63, 3.8) is 0 Å². The first-order valence-electron chi connectivity index (χ1n) is 17.5. The zero-order chi connectivity index (χ0) is 37.3. The van der Waals surface area contributed by atoms with Gasteiger partial charge in [0.15, 0.2) is 0 Å². The highest BCUT2D eigenvalue weighted by atomic mass is 32.1. The number of benzene rings is 2. The molecule has 50 heavy (non-hydrogen) atoms. The van der Waals surface area contributed by atoms with Gasteiger partial charge in [-0.2, -0.15) is 0 Å². The number of hydrogen-bond acceptors (Lipinski definition) is 6. The molecule has 5 nitrogen and oxygen atoms in total. The molecule has 1 aliphatic rings. The topological polar surface area (TPSA) is 74.0 Å². The first-order chi connectivity index (χ1) is 23.5. The summed E-state index contributed by atoms with van der Waals surface area (Å²) in [6, 6.07) is 11.0. The van der Waals surface area contributed by atoms with Crippen molar-refractivity contribution >= 4 is 42.3 Å². The van der Waals surface area contributed by atoms with Gasteiger partial charge in [0, 0.05) is 43.7 Å². The van der Waals surface area contributed by atoms with Crippen LogP contribution in [0.3, 0.4) is 0 Å². The first-order valence-corrected chi connectivity index (χ1v) is 18.0. The van der Waals surface area contributed by atoms with Gasteiger partial charge in [0.25, 0.3) is 5.92 Å². The molecule has 0 radical (unpaired) electrons. The second kappa shape index (κ2) is 17.9. The summed E-state index contributed by atoms with van der Waals surface area (Å²) in [5.74, 6) is -3.36. The standard InChI is InChI=1S/C40H53F4N3O2S/c1-8-10-11-14-32(22-45-29(6)39(47-50)24-40(49,25-39)38(7,43)44)30-17-18-35(27(4)20-30)46-34(13-9-2)26(3)19-28(5)37-31(21-36(41)42)15-12-16-33(37)23-48/h12,14-18,20,22-23,26,28,36,47,49-50H,6,8-11,13,19,21,24-25H2,1-5,7H3/b32-14+,45-22?,46-34?. The van der Waals surface area contributed by atoms with Crippen LogP contribution in [0.25, 0.3) is 5.57 Å². The van der Waals surface area contributed by atoms with Crippen molar-refractivity contribution in [2.75, 3.05) is 0 Å².